The average molecular weight is 385 g/mol. The maximum Gasteiger partial charge on any atom is 0.332 e. The molecule has 1 aromatic carbocycles. The fourth-order valence-corrected chi connectivity index (χ4v) is 3.59. The molecule has 0 saturated carbocycles. The van der Waals surface area contributed by atoms with Gasteiger partial charge >= 0.3 is 6.03 Å². The van der Waals surface area contributed by atoms with Gasteiger partial charge in [-0.3, -0.25) is 24.2 Å². The van der Waals surface area contributed by atoms with Crippen LogP contribution in [0.15, 0.2) is 24.3 Å². The summed E-state index contributed by atoms with van der Waals surface area (Å²) in [6.07, 6.45) is 0. The number of amides is 3. The number of nitrogens with zero attached hydrogens (tertiary/aromatic N) is 2. The SMILES string of the molecule is CC(=O)c1c(C)[nH]c(C(=O)CN2C(=O)C(C)N(c3ccc(F)cc3)C2=O)c1C. The summed E-state index contributed by atoms with van der Waals surface area (Å²) in [4.78, 5) is 54.8. The van der Waals surface area contributed by atoms with Gasteiger partial charge in [0.1, 0.15) is 11.9 Å². The van der Waals surface area contributed by atoms with Crippen LogP contribution in [0, 0.1) is 19.7 Å². The average Bonchev–Trinajstić information content (AvgIpc) is 3.04. The summed E-state index contributed by atoms with van der Waals surface area (Å²) in [6, 6.07) is 3.74. The molecule has 3 rings (SSSR count). The summed E-state index contributed by atoms with van der Waals surface area (Å²) >= 11 is 0. The molecule has 1 aliphatic rings. The molecule has 1 aliphatic heterocycles. The minimum absolute atomic E-state index is 0.172. The molecule has 8 heteroatoms. The number of ketones is 2. The number of aromatic nitrogens is 1. The highest BCUT2D eigenvalue weighted by Crippen LogP contribution is 2.27. The van der Waals surface area contributed by atoms with Gasteiger partial charge in [0, 0.05) is 16.9 Å². The van der Waals surface area contributed by atoms with E-state index in [0.717, 1.165) is 4.90 Å². The first-order valence-electron chi connectivity index (χ1n) is 8.77. The van der Waals surface area contributed by atoms with E-state index in [1.807, 2.05) is 0 Å². The van der Waals surface area contributed by atoms with E-state index in [0.29, 0.717) is 22.5 Å². The molecule has 3 amide bonds. The molecule has 0 spiro atoms. The van der Waals surface area contributed by atoms with E-state index in [9.17, 15) is 23.6 Å². The Morgan fingerprint density at radius 3 is 2.29 bits per heavy atom. The fourth-order valence-electron chi connectivity index (χ4n) is 3.59. The third kappa shape index (κ3) is 3.11. The first-order chi connectivity index (χ1) is 13.1. The second-order valence-electron chi connectivity index (χ2n) is 6.83. The Morgan fingerprint density at radius 2 is 1.75 bits per heavy atom. The van der Waals surface area contributed by atoms with Gasteiger partial charge in [0.2, 0.25) is 0 Å². The molecule has 1 saturated heterocycles. The molecule has 1 atom stereocenters. The van der Waals surface area contributed by atoms with Gasteiger partial charge in [-0.25, -0.2) is 9.18 Å². The molecule has 0 radical (unpaired) electrons. The third-order valence-corrected chi connectivity index (χ3v) is 4.92. The van der Waals surface area contributed by atoms with Crippen molar-refractivity contribution in [1.82, 2.24) is 9.88 Å². The van der Waals surface area contributed by atoms with Gasteiger partial charge in [-0.2, -0.15) is 0 Å². The zero-order valence-corrected chi connectivity index (χ0v) is 16.0. The minimum atomic E-state index is -0.815. The number of hydrogen-bond donors (Lipinski definition) is 1. The van der Waals surface area contributed by atoms with Crippen molar-refractivity contribution in [2.24, 2.45) is 0 Å². The summed E-state index contributed by atoms with van der Waals surface area (Å²) in [5, 5.41) is 0. The maximum absolute atomic E-state index is 13.2. The van der Waals surface area contributed by atoms with Gasteiger partial charge in [-0.15, -0.1) is 0 Å². The lowest BCUT2D eigenvalue weighted by atomic mass is 10.1. The molecule has 1 N–H and O–H groups in total. The maximum atomic E-state index is 13.2. The molecule has 28 heavy (non-hydrogen) atoms. The van der Waals surface area contributed by atoms with Gasteiger partial charge < -0.3 is 4.98 Å². The summed E-state index contributed by atoms with van der Waals surface area (Å²) in [6.45, 7) is 5.84. The van der Waals surface area contributed by atoms with Crippen molar-refractivity contribution in [1.29, 1.82) is 0 Å². The van der Waals surface area contributed by atoms with Crippen molar-refractivity contribution >= 4 is 29.2 Å². The van der Waals surface area contributed by atoms with Gasteiger partial charge in [0.05, 0.1) is 12.2 Å². The number of hydrogen-bond acceptors (Lipinski definition) is 4. The highest BCUT2D eigenvalue weighted by atomic mass is 19.1. The van der Waals surface area contributed by atoms with Crippen LogP contribution in [0.5, 0.6) is 0 Å². The number of aromatic amines is 1. The van der Waals surface area contributed by atoms with E-state index in [1.165, 1.54) is 36.1 Å². The molecule has 1 fully saturated rings. The van der Waals surface area contributed by atoms with Crippen molar-refractivity contribution < 1.29 is 23.6 Å². The monoisotopic (exact) mass is 385 g/mol. The number of carbonyl (C=O) groups excluding carboxylic acids is 4. The first kappa shape index (κ1) is 19.5. The second kappa shape index (κ2) is 7.03. The van der Waals surface area contributed by atoms with E-state index in [1.54, 1.807) is 20.8 Å². The van der Waals surface area contributed by atoms with Gasteiger partial charge in [-0.1, -0.05) is 0 Å². The number of carbonyl (C=O) groups is 4. The summed E-state index contributed by atoms with van der Waals surface area (Å²) < 4.78 is 13.2. The molecular weight excluding hydrogens is 365 g/mol. The van der Waals surface area contributed by atoms with Crippen molar-refractivity contribution in [2.75, 3.05) is 11.4 Å². The molecule has 0 bridgehead atoms. The Bertz CT molecular complexity index is 994. The van der Waals surface area contributed by atoms with E-state index in [4.69, 9.17) is 0 Å². The lowest BCUT2D eigenvalue weighted by molar-refractivity contribution is -0.126. The van der Waals surface area contributed by atoms with Crippen LogP contribution in [0.2, 0.25) is 0 Å². The standard InChI is InChI=1S/C20H20FN3O4/c1-10-17(13(4)25)11(2)22-18(10)16(26)9-23-19(27)12(3)24(20(23)28)15-7-5-14(21)6-8-15/h5-8,12,22H,9H2,1-4H3. The summed E-state index contributed by atoms with van der Waals surface area (Å²) in [5.74, 6) is -1.62. The number of benzene rings is 1. The zero-order valence-electron chi connectivity index (χ0n) is 16.0. The van der Waals surface area contributed by atoms with Crippen LogP contribution < -0.4 is 4.90 Å². The van der Waals surface area contributed by atoms with Crippen LogP contribution in [0.3, 0.4) is 0 Å². The lowest BCUT2D eigenvalue weighted by Gasteiger charge is -2.19. The number of halogens is 1. The van der Waals surface area contributed by atoms with E-state index >= 15 is 0 Å². The van der Waals surface area contributed by atoms with Gasteiger partial charge in [-0.05, 0) is 57.5 Å². The van der Waals surface area contributed by atoms with Crippen LogP contribution >= 0.6 is 0 Å². The summed E-state index contributed by atoms with van der Waals surface area (Å²) in [5.41, 5.74) is 2.07. The van der Waals surface area contributed by atoms with Crippen LogP contribution in [-0.4, -0.2) is 46.0 Å². The Morgan fingerprint density at radius 1 is 1.14 bits per heavy atom. The van der Waals surface area contributed by atoms with E-state index in [2.05, 4.69) is 4.98 Å². The number of H-pyrrole nitrogens is 1. The number of rotatable bonds is 5. The van der Waals surface area contributed by atoms with Crippen molar-refractivity contribution in [3.63, 3.8) is 0 Å². The second-order valence-corrected chi connectivity index (χ2v) is 6.83. The smallest absolute Gasteiger partial charge is 0.332 e. The quantitative estimate of drug-likeness (QED) is 0.633. The van der Waals surface area contributed by atoms with Crippen LogP contribution in [-0.2, 0) is 4.79 Å². The van der Waals surface area contributed by atoms with Crippen LogP contribution in [0.4, 0.5) is 14.9 Å². The lowest BCUT2D eigenvalue weighted by Crippen LogP contribution is -2.37. The molecular formula is C20H20FN3O4. The molecule has 1 aromatic heterocycles. The number of anilines is 1. The Balaban J connectivity index is 1.86. The molecule has 146 valence electrons. The van der Waals surface area contributed by atoms with E-state index < -0.39 is 36.1 Å². The number of aryl methyl sites for hydroxylation is 1. The molecule has 0 aliphatic carbocycles. The van der Waals surface area contributed by atoms with Crippen LogP contribution in [0.25, 0.3) is 0 Å². The van der Waals surface area contributed by atoms with Gasteiger partial charge in [0.15, 0.2) is 11.6 Å². The Labute approximate surface area is 161 Å². The highest BCUT2D eigenvalue weighted by molar-refractivity contribution is 6.16. The first-order valence-corrected chi connectivity index (χ1v) is 8.77. The van der Waals surface area contributed by atoms with Crippen molar-refractivity contribution in [2.45, 2.75) is 33.7 Å². The van der Waals surface area contributed by atoms with Gasteiger partial charge in [0.25, 0.3) is 5.91 Å². The number of imide groups is 1. The van der Waals surface area contributed by atoms with Crippen molar-refractivity contribution in [3.05, 3.63) is 52.6 Å². The Hall–Kier alpha value is -3.29. The number of Topliss-reactive ketones (excluding diaryl/α,β-unsaturated/α-hetero) is 2. The predicted octanol–water partition coefficient (Wildman–Crippen LogP) is 3.01. The highest BCUT2D eigenvalue weighted by Gasteiger charge is 2.44. The predicted molar refractivity (Wildman–Crippen MR) is 100 cm³/mol. The van der Waals surface area contributed by atoms with E-state index in [-0.39, 0.29) is 11.5 Å². The minimum Gasteiger partial charge on any atom is -0.355 e. The Kier molecular flexibility index (Phi) is 4.89. The topological polar surface area (TPSA) is 90.6 Å². The third-order valence-electron chi connectivity index (χ3n) is 4.92. The molecule has 2 aromatic rings. The molecule has 2 heterocycles. The van der Waals surface area contributed by atoms with Crippen LogP contribution in [0.1, 0.15) is 46.0 Å². The normalized spacial score (nSPS) is 16.8. The largest absolute Gasteiger partial charge is 0.355 e. The fraction of sp³-hybridized carbons (Fsp3) is 0.300. The zero-order chi connectivity index (χ0) is 20.7. The molecule has 7 nitrogen and oxygen atoms in total. The van der Waals surface area contributed by atoms with Crippen molar-refractivity contribution in [3.8, 4) is 0 Å². The summed E-state index contributed by atoms with van der Waals surface area (Å²) in [7, 11) is 0. The number of nitrogens with one attached hydrogen (secondary N) is 1. The number of urea groups is 1. The molecule has 1 unspecified atom stereocenters.